The van der Waals surface area contributed by atoms with Crippen LogP contribution in [0, 0.1) is 13.8 Å². The molecule has 0 fully saturated rings. The van der Waals surface area contributed by atoms with E-state index in [4.69, 9.17) is 10.5 Å². The van der Waals surface area contributed by atoms with Crippen LogP contribution in [-0.4, -0.2) is 38.2 Å². The summed E-state index contributed by atoms with van der Waals surface area (Å²) in [5, 5.41) is 0. The van der Waals surface area contributed by atoms with Gasteiger partial charge in [-0.05, 0) is 70.0 Å². The number of aryl methyl sites for hydroxylation is 2. The van der Waals surface area contributed by atoms with Crippen molar-refractivity contribution in [2.75, 3.05) is 27.2 Å². The molecule has 1 aromatic rings. The van der Waals surface area contributed by atoms with E-state index in [0.29, 0.717) is 6.04 Å². The topological polar surface area (TPSA) is 38.5 Å². The molecule has 3 nitrogen and oxygen atoms in total. The van der Waals surface area contributed by atoms with Gasteiger partial charge >= 0.3 is 0 Å². The van der Waals surface area contributed by atoms with Gasteiger partial charge in [-0.15, -0.1) is 0 Å². The van der Waals surface area contributed by atoms with Gasteiger partial charge in [-0.3, -0.25) is 0 Å². The zero-order valence-corrected chi connectivity index (χ0v) is 13.0. The van der Waals surface area contributed by atoms with E-state index in [1.807, 2.05) is 0 Å². The fraction of sp³-hybridized carbons (Fsp3) is 0.625. The first-order valence-electron chi connectivity index (χ1n) is 7.04. The minimum absolute atomic E-state index is 0.530. The predicted molar refractivity (Wildman–Crippen MR) is 81.9 cm³/mol. The minimum atomic E-state index is 0.530. The summed E-state index contributed by atoms with van der Waals surface area (Å²) in [7, 11) is 3.90. The molecule has 1 unspecified atom stereocenters. The largest absolute Gasteiger partial charge is 0.496 e. The Morgan fingerprint density at radius 2 is 1.89 bits per heavy atom. The lowest BCUT2D eigenvalue weighted by Gasteiger charge is -2.24. The molecule has 0 amide bonds. The number of nitrogens with two attached hydrogens (primary N) is 1. The first-order chi connectivity index (χ1) is 8.99. The number of nitrogens with zero attached hydrogens (tertiary/aromatic N) is 1. The Bertz CT molecular complexity index is 404. The Morgan fingerprint density at radius 1 is 1.26 bits per heavy atom. The molecule has 0 saturated heterocycles. The van der Waals surface area contributed by atoms with E-state index < -0.39 is 0 Å². The molecule has 1 atom stereocenters. The van der Waals surface area contributed by atoms with Gasteiger partial charge in [0.1, 0.15) is 5.75 Å². The van der Waals surface area contributed by atoms with Crippen LogP contribution in [0.4, 0.5) is 0 Å². The summed E-state index contributed by atoms with van der Waals surface area (Å²) in [5.74, 6) is 1.00. The zero-order valence-electron chi connectivity index (χ0n) is 13.0. The summed E-state index contributed by atoms with van der Waals surface area (Å²) in [6.07, 6.45) is 2.05. The summed E-state index contributed by atoms with van der Waals surface area (Å²) >= 11 is 0. The molecular weight excluding hydrogens is 236 g/mol. The van der Waals surface area contributed by atoms with Crippen LogP contribution in [-0.2, 0) is 6.42 Å². The fourth-order valence-corrected chi connectivity index (χ4v) is 2.21. The average molecular weight is 264 g/mol. The summed E-state index contributed by atoms with van der Waals surface area (Å²) in [6, 6.07) is 4.91. The number of methoxy groups -OCH3 is 1. The smallest absolute Gasteiger partial charge is 0.122 e. The van der Waals surface area contributed by atoms with Gasteiger partial charge in [-0.1, -0.05) is 6.07 Å². The maximum atomic E-state index is 5.61. The molecule has 19 heavy (non-hydrogen) atoms. The van der Waals surface area contributed by atoms with Gasteiger partial charge in [0, 0.05) is 12.6 Å². The number of hydrogen-bond acceptors (Lipinski definition) is 3. The van der Waals surface area contributed by atoms with Gasteiger partial charge in [0.05, 0.1) is 7.11 Å². The first kappa shape index (κ1) is 16.0. The van der Waals surface area contributed by atoms with E-state index in [-0.39, 0.29) is 0 Å². The molecule has 0 bridgehead atoms. The van der Waals surface area contributed by atoms with Crippen LogP contribution >= 0.6 is 0 Å². The Kier molecular flexibility index (Phi) is 6.32. The lowest BCUT2D eigenvalue weighted by Crippen LogP contribution is -2.32. The molecule has 0 aliphatic heterocycles. The molecule has 0 aliphatic rings. The zero-order chi connectivity index (χ0) is 14.4. The third-order valence-corrected chi connectivity index (χ3v) is 3.97. The number of hydrogen-bond donors (Lipinski definition) is 1. The lowest BCUT2D eigenvalue weighted by atomic mass is 10.0. The van der Waals surface area contributed by atoms with E-state index in [2.05, 4.69) is 44.9 Å². The van der Waals surface area contributed by atoms with Crippen LogP contribution < -0.4 is 10.5 Å². The van der Waals surface area contributed by atoms with E-state index >= 15 is 0 Å². The van der Waals surface area contributed by atoms with Gasteiger partial charge in [0.15, 0.2) is 0 Å². The monoisotopic (exact) mass is 264 g/mol. The molecular formula is C16H28N2O. The van der Waals surface area contributed by atoms with Gasteiger partial charge < -0.3 is 15.4 Å². The van der Waals surface area contributed by atoms with Crippen molar-refractivity contribution in [3.05, 3.63) is 28.8 Å². The number of ether oxygens (including phenoxy) is 1. The van der Waals surface area contributed by atoms with E-state index in [0.717, 1.165) is 31.7 Å². The fourth-order valence-electron chi connectivity index (χ4n) is 2.21. The van der Waals surface area contributed by atoms with Gasteiger partial charge in [-0.2, -0.15) is 0 Å². The maximum absolute atomic E-state index is 5.61. The van der Waals surface area contributed by atoms with Crippen LogP contribution in [0.25, 0.3) is 0 Å². The molecule has 1 rings (SSSR count). The molecule has 0 saturated carbocycles. The van der Waals surface area contributed by atoms with Crippen molar-refractivity contribution in [2.45, 2.75) is 39.7 Å². The Balaban J connectivity index is 2.69. The van der Waals surface area contributed by atoms with Crippen LogP contribution in [0.5, 0.6) is 5.75 Å². The second-order valence-corrected chi connectivity index (χ2v) is 5.41. The van der Waals surface area contributed by atoms with Crippen LogP contribution in [0.1, 0.15) is 30.0 Å². The number of rotatable bonds is 7. The SMILES string of the molecule is COc1cc(C)c(C)cc1CCN(C)C(C)CCN. The Labute approximate surface area is 117 Å². The minimum Gasteiger partial charge on any atom is -0.496 e. The molecule has 0 radical (unpaired) electrons. The van der Waals surface area contributed by atoms with Gasteiger partial charge in [0.2, 0.25) is 0 Å². The van der Waals surface area contributed by atoms with Crippen LogP contribution in [0.3, 0.4) is 0 Å². The van der Waals surface area contributed by atoms with Crippen molar-refractivity contribution in [1.82, 2.24) is 4.90 Å². The van der Waals surface area contributed by atoms with Gasteiger partial charge in [-0.25, -0.2) is 0 Å². The summed E-state index contributed by atoms with van der Waals surface area (Å²) in [4.78, 5) is 2.36. The second kappa shape index (κ2) is 7.51. The average Bonchev–Trinajstić information content (AvgIpc) is 2.39. The van der Waals surface area contributed by atoms with Crippen molar-refractivity contribution in [3.8, 4) is 5.75 Å². The third-order valence-electron chi connectivity index (χ3n) is 3.97. The first-order valence-corrected chi connectivity index (χ1v) is 7.04. The van der Waals surface area contributed by atoms with E-state index in [1.54, 1.807) is 7.11 Å². The molecule has 0 aliphatic carbocycles. The molecule has 3 heteroatoms. The number of benzene rings is 1. The van der Waals surface area contributed by atoms with E-state index in [1.165, 1.54) is 16.7 Å². The highest BCUT2D eigenvalue weighted by Crippen LogP contribution is 2.23. The van der Waals surface area contributed by atoms with Crippen molar-refractivity contribution in [3.63, 3.8) is 0 Å². The molecule has 0 spiro atoms. The maximum Gasteiger partial charge on any atom is 0.122 e. The normalized spacial score (nSPS) is 12.8. The van der Waals surface area contributed by atoms with Crippen LogP contribution in [0.2, 0.25) is 0 Å². The Hall–Kier alpha value is -1.06. The number of likely N-dealkylation sites (N-methyl/N-ethyl adjacent to an activating group) is 1. The second-order valence-electron chi connectivity index (χ2n) is 5.41. The third kappa shape index (κ3) is 4.51. The standard InChI is InChI=1S/C16H28N2O/c1-12-10-15(16(19-5)11-13(12)2)7-9-18(4)14(3)6-8-17/h10-11,14H,6-9,17H2,1-5H3. The van der Waals surface area contributed by atoms with Crippen molar-refractivity contribution in [2.24, 2.45) is 5.73 Å². The van der Waals surface area contributed by atoms with Gasteiger partial charge in [0.25, 0.3) is 0 Å². The Morgan fingerprint density at radius 3 is 2.47 bits per heavy atom. The van der Waals surface area contributed by atoms with Crippen molar-refractivity contribution in [1.29, 1.82) is 0 Å². The lowest BCUT2D eigenvalue weighted by molar-refractivity contribution is 0.250. The summed E-state index contributed by atoms with van der Waals surface area (Å²) in [5.41, 5.74) is 9.51. The van der Waals surface area contributed by atoms with Crippen molar-refractivity contribution >= 4 is 0 Å². The molecule has 1 aromatic carbocycles. The predicted octanol–water partition coefficient (Wildman–Crippen LogP) is 2.52. The summed E-state index contributed by atoms with van der Waals surface area (Å²) in [6.45, 7) is 8.28. The molecule has 0 heterocycles. The summed E-state index contributed by atoms with van der Waals surface area (Å²) < 4.78 is 5.48. The highest BCUT2D eigenvalue weighted by Gasteiger charge is 2.11. The molecule has 2 N–H and O–H groups in total. The highest BCUT2D eigenvalue weighted by molar-refractivity contribution is 5.41. The van der Waals surface area contributed by atoms with E-state index in [9.17, 15) is 0 Å². The van der Waals surface area contributed by atoms with Crippen molar-refractivity contribution < 1.29 is 4.74 Å². The molecule has 0 aromatic heterocycles. The van der Waals surface area contributed by atoms with Crippen LogP contribution in [0.15, 0.2) is 12.1 Å². The molecule has 108 valence electrons. The highest BCUT2D eigenvalue weighted by atomic mass is 16.5. The quantitative estimate of drug-likeness (QED) is 0.822.